The fourth-order valence-corrected chi connectivity index (χ4v) is 5.24. The molecule has 1 saturated heterocycles. The molecule has 1 aliphatic heterocycles. The fourth-order valence-electron chi connectivity index (χ4n) is 4.10. The van der Waals surface area contributed by atoms with Crippen LogP contribution in [0, 0.1) is 5.92 Å². The largest absolute Gasteiger partial charge is 0.366 e. The van der Waals surface area contributed by atoms with Gasteiger partial charge in [-0.15, -0.1) is 10.2 Å². The summed E-state index contributed by atoms with van der Waals surface area (Å²) in [6.07, 6.45) is 0.843. The number of hydrogen-bond acceptors (Lipinski definition) is 6. The molecule has 0 N–H and O–H groups in total. The lowest BCUT2D eigenvalue weighted by Gasteiger charge is -2.37. The van der Waals surface area contributed by atoms with Crippen molar-refractivity contribution in [1.29, 1.82) is 0 Å². The number of aromatic nitrogens is 5. The Morgan fingerprint density at radius 1 is 1.16 bits per heavy atom. The molecule has 0 saturated carbocycles. The summed E-state index contributed by atoms with van der Waals surface area (Å²) in [5.74, 6) is 0.715. The number of amides is 1. The van der Waals surface area contributed by atoms with Crippen LogP contribution in [0.4, 0.5) is 14.5 Å². The third-order valence-corrected chi connectivity index (χ3v) is 6.94. The van der Waals surface area contributed by atoms with Crippen LogP contribution in [0.5, 0.6) is 0 Å². The predicted molar refractivity (Wildman–Crippen MR) is 122 cm³/mol. The molecule has 0 unspecified atom stereocenters. The second-order valence-electron chi connectivity index (χ2n) is 7.92. The van der Waals surface area contributed by atoms with Crippen molar-refractivity contribution in [2.45, 2.75) is 20.3 Å². The summed E-state index contributed by atoms with van der Waals surface area (Å²) in [6, 6.07) is 3.96. The van der Waals surface area contributed by atoms with Gasteiger partial charge >= 0.3 is 0 Å². The van der Waals surface area contributed by atoms with Gasteiger partial charge in [-0.25, -0.2) is 13.8 Å². The molecule has 0 radical (unpaired) electrons. The maximum atomic E-state index is 13.1. The highest BCUT2D eigenvalue weighted by Crippen LogP contribution is 2.37. The lowest BCUT2D eigenvalue weighted by Crippen LogP contribution is -2.50. The number of halogens is 3. The molecule has 5 rings (SSSR count). The first-order valence-electron chi connectivity index (χ1n) is 10.2. The molecule has 1 aliphatic rings. The molecule has 8 nitrogen and oxygen atoms in total. The average molecular weight is 524 g/mol. The van der Waals surface area contributed by atoms with E-state index in [9.17, 15) is 13.6 Å². The molecule has 1 aromatic carbocycles. The second kappa shape index (κ2) is 8.07. The number of alkyl halides is 2. The van der Waals surface area contributed by atoms with Crippen molar-refractivity contribution in [3.8, 4) is 5.13 Å². The zero-order chi connectivity index (χ0) is 22.6. The highest BCUT2D eigenvalue weighted by molar-refractivity contribution is 9.10. The van der Waals surface area contributed by atoms with Gasteiger partial charge < -0.3 is 9.80 Å². The monoisotopic (exact) mass is 523 g/mol. The number of carbonyl (C=O) groups excluding carboxylic acids is 1. The van der Waals surface area contributed by atoms with Crippen LogP contribution in [0.1, 0.15) is 25.3 Å². The molecule has 1 amide bonds. The van der Waals surface area contributed by atoms with Crippen LogP contribution >= 0.6 is 27.3 Å². The summed E-state index contributed by atoms with van der Waals surface area (Å²) in [5, 5.41) is 7.66. The van der Waals surface area contributed by atoms with Crippen LogP contribution < -0.4 is 4.90 Å². The Morgan fingerprint density at radius 2 is 1.91 bits per heavy atom. The Bertz CT molecular complexity index is 1310. The van der Waals surface area contributed by atoms with Crippen LogP contribution in [0.3, 0.4) is 0 Å². The minimum atomic E-state index is -2.68. The van der Waals surface area contributed by atoms with E-state index in [0.717, 1.165) is 32.5 Å². The third kappa shape index (κ3) is 3.45. The summed E-state index contributed by atoms with van der Waals surface area (Å²) in [4.78, 5) is 21.0. The SMILES string of the molecule is CC(C)C(=O)N1CCN(c2cc(Br)cc3c2n2ccnc2n3-c2nnc(C(F)F)s2)CC1. The summed E-state index contributed by atoms with van der Waals surface area (Å²) in [5.41, 5.74) is 2.67. The van der Waals surface area contributed by atoms with Crippen LogP contribution in [0.15, 0.2) is 29.0 Å². The number of imidazole rings is 2. The first-order valence-corrected chi connectivity index (χ1v) is 11.8. The van der Waals surface area contributed by atoms with E-state index in [2.05, 4.69) is 36.0 Å². The van der Waals surface area contributed by atoms with Crippen molar-refractivity contribution in [3.05, 3.63) is 34.0 Å². The second-order valence-corrected chi connectivity index (χ2v) is 9.82. The van der Waals surface area contributed by atoms with Gasteiger partial charge in [0, 0.05) is 49.0 Å². The first kappa shape index (κ1) is 21.3. The highest BCUT2D eigenvalue weighted by atomic mass is 79.9. The van der Waals surface area contributed by atoms with Crippen molar-refractivity contribution in [3.63, 3.8) is 0 Å². The van der Waals surface area contributed by atoms with Crippen LogP contribution in [0.2, 0.25) is 0 Å². The Hall–Kier alpha value is -2.60. The van der Waals surface area contributed by atoms with Gasteiger partial charge in [-0.05, 0) is 12.1 Å². The number of nitrogens with zero attached hydrogens (tertiary/aromatic N) is 7. The highest BCUT2D eigenvalue weighted by Gasteiger charge is 2.27. The minimum absolute atomic E-state index is 0.0243. The standard InChI is InChI=1S/C20H20BrF2N7OS/c1-11(2)18(31)28-7-5-27(6-8-28)13-9-12(21)10-14-15(13)29-4-3-24-19(29)30(14)20-26-25-17(32-20)16(22)23/h3-4,9-11,16H,5-8H2,1-2H3. The third-order valence-electron chi connectivity index (χ3n) is 5.57. The molecule has 1 fully saturated rings. The van der Waals surface area contributed by atoms with Crippen LogP contribution in [-0.2, 0) is 4.79 Å². The number of anilines is 1. The fraction of sp³-hybridized carbons (Fsp3) is 0.400. The maximum absolute atomic E-state index is 13.1. The van der Waals surface area contributed by atoms with Gasteiger partial charge in [0.25, 0.3) is 6.43 Å². The van der Waals surface area contributed by atoms with E-state index in [4.69, 9.17) is 0 Å². The number of rotatable bonds is 4. The molecule has 4 aromatic rings. The number of hydrogen-bond donors (Lipinski definition) is 0. The molecular formula is C20H20BrF2N7OS. The molecule has 32 heavy (non-hydrogen) atoms. The van der Waals surface area contributed by atoms with Crippen molar-refractivity contribution in [2.24, 2.45) is 5.92 Å². The van der Waals surface area contributed by atoms with E-state index in [1.807, 2.05) is 41.5 Å². The zero-order valence-corrected chi connectivity index (χ0v) is 19.8. The molecule has 0 atom stereocenters. The van der Waals surface area contributed by atoms with Gasteiger partial charge in [0.05, 0.1) is 16.7 Å². The predicted octanol–water partition coefficient (Wildman–Crippen LogP) is 4.13. The number of piperazine rings is 1. The van der Waals surface area contributed by atoms with Gasteiger partial charge in [-0.2, -0.15) is 0 Å². The lowest BCUT2D eigenvalue weighted by atomic mass is 10.1. The van der Waals surface area contributed by atoms with Crippen molar-refractivity contribution < 1.29 is 13.6 Å². The van der Waals surface area contributed by atoms with Gasteiger partial charge in [-0.1, -0.05) is 41.1 Å². The number of benzene rings is 1. The van der Waals surface area contributed by atoms with Crippen molar-refractivity contribution >= 4 is 55.7 Å². The first-order chi connectivity index (χ1) is 15.3. The molecule has 168 valence electrons. The van der Waals surface area contributed by atoms with Crippen LogP contribution in [-0.4, -0.2) is 61.1 Å². The molecule has 0 spiro atoms. The molecule has 0 aliphatic carbocycles. The van der Waals surface area contributed by atoms with Crippen LogP contribution in [0.25, 0.3) is 21.9 Å². The lowest BCUT2D eigenvalue weighted by molar-refractivity contribution is -0.134. The molecular weight excluding hydrogens is 504 g/mol. The van der Waals surface area contributed by atoms with E-state index < -0.39 is 6.43 Å². The van der Waals surface area contributed by atoms with E-state index in [0.29, 0.717) is 37.1 Å². The average Bonchev–Trinajstić information content (AvgIpc) is 3.48. The number of fused-ring (bicyclic) bond motifs is 3. The Balaban J connectivity index is 1.61. The molecule has 0 bridgehead atoms. The minimum Gasteiger partial charge on any atom is -0.366 e. The zero-order valence-electron chi connectivity index (χ0n) is 17.4. The molecule has 4 heterocycles. The Morgan fingerprint density at radius 3 is 2.56 bits per heavy atom. The normalized spacial score (nSPS) is 15.1. The smallest absolute Gasteiger partial charge is 0.291 e. The summed E-state index contributed by atoms with van der Waals surface area (Å²) in [7, 11) is 0. The van der Waals surface area contributed by atoms with Crippen molar-refractivity contribution in [2.75, 3.05) is 31.1 Å². The van der Waals surface area contributed by atoms with E-state index >= 15 is 0 Å². The van der Waals surface area contributed by atoms with E-state index in [1.165, 1.54) is 0 Å². The Labute approximate surface area is 194 Å². The van der Waals surface area contributed by atoms with E-state index in [1.54, 1.807) is 10.8 Å². The van der Waals surface area contributed by atoms with Crippen molar-refractivity contribution in [1.82, 2.24) is 29.0 Å². The van der Waals surface area contributed by atoms with Gasteiger partial charge in [0.15, 0.2) is 5.01 Å². The molecule has 3 aromatic heterocycles. The molecule has 12 heteroatoms. The summed E-state index contributed by atoms with van der Waals surface area (Å²) < 4.78 is 30.8. The summed E-state index contributed by atoms with van der Waals surface area (Å²) >= 11 is 4.45. The maximum Gasteiger partial charge on any atom is 0.291 e. The Kier molecular flexibility index (Phi) is 5.36. The van der Waals surface area contributed by atoms with E-state index in [-0.39, 0.29) is 16.8 Å². The van der Waals surface area contributed by atoms with Gasteiger partial charge in [-0.3, -0.25) is 13.8 Å². The quantitative estimate of drug-likeness (QED) is 0.402. The topological polar surface area (TPSA) is 71.6 Å². The van der Waals surface area contributed by atoms with Gasteiger partial charge in [0.2, 0.25) is 16.8 Å². The van der Waals surface area contributed by atoms with Gasteiger partial charge in [0.1, 0.15) is 0 Å². The summed E-state index contributed by atoms with van der Waals surface area (Å²) in [6.45, 7) is 6.51. The number of carbonyl (C=O) groups is 1.